The number of benzene rings is 2. The van der Waals surface area contributed by atoms with Gasteiger partial charge in [-0.25, -0.2) is 0 Å². The standard InChI is InChI=1S/C92H120N4/c1-90(2,3)70-51-47-68(48-52-70)82-84-72(60-31-15-7-16-32-60)55-73(61-33-17-8-18-34-61)86(84)92(87-80(66-43-27-13-28-44-66)77(59-94)79(85(82)87)65-41-25-12-26-42-65)57-75(63-37-21-10-22-38-63)76(58-93)81(67-45-29-14-30-46-67)88(95)83(69-49-53-71(54-50-69)91(4,5)6)89-74(62-35-19-9-20-36-62)56-78(96(89)92)64-39-23-11-24-40-64/h47-57,60-67,87H,7-46,95H2,1-6H3/b75-57+,81-76-,88-83-. The second-order valence-electron chi connectivity index (χ2n) is 35.5. The Hall–Kier alpha value is -5.58. The molecule has 4 heteroatoms. The van der Waals surface area contributed by atoms with E-state index in [1.54, 1.807) is 39.1 Å². The van der Waals surface area contributed by atoms with E-state index in [-0.39, 0.29) is 34.5 Å². The van der Waals surface area contributed by atoms with Crippen molar-refractivity contribution in [3.8, 4) is 12.1 Å². The van der Waals surface area contributed by atoms with Crippen LogP contribution in [-0.4, -0.2) is 4.57 Å². The molecule has 11 aliphatic carbocycles. The highest BCUT2D eigenvalue weighted by Gasteiger charge is 2.62. The SMILES string of the molecule is CC(C)(C)c1ccc(C2=C3C(C4CCCCC4)=CC(C4CCCCC4)=C3C3(/C=C(C4CCCCC4)/C(C#N)=C(C4CCCCC4)\C(N)=C(/c4ccc(C(C)(C)C)cc4)c4c(C5CCCCC5)cc(C5CCCCC5)n43)C3C2=C(C2CCCCC2)C(C#N)=C3C2CCCCC2)cc1. The molecule has 3 aromatic rings. The predicted molar refractivity (Wildman–Crippen MR) is 400 cm³/mol. The molecule has 1 aromatic heterocycles. The van der Waals surface area contributed by atoms with Gasteiger partial charge in [-0.05, 0) is 257 Å². The zero-order valence-electron chi connectivity index (χ0n) is 60.8. The van der Waals surface area contributed by atoms with Gasteiger partial charge in [0.15, 0.2) is 0 Å². The van der Waals surface area contributed by atoms with Gasteiger partial charge in [-0.15, -0.1) is 0 Å². The average molecular weight is 1280 g/mol. The van der Waals surface area contributed by atoms with Crippen LogP contribution in [0.3, 0.4) is 0 Å². The molecule has 8 saturated carbocycles. The number of nitrogens with zero attached hydrogens (tertiary/aromatic N) is 3. The highest BCUT2D eigenvalue weighted by molar-refractivity contribution is 5.98. The van der Waals surface area contributed by atoms with Crippen LogP contribution in [0, 0.1) is 64.1 Å². The van der Waals surface area contributed by atoms with Crippen molar-refractivity contribution in [2.45, 2.75) is 327 Å². The summed E-state index contributed by atoms with van der Waals surface area (Å²) >= 11 is 0. The lowest BCUT2D eigenvalue weighted by Gasteiger charge is -2.53. The Morgan fingerprint density at radius 1 is 0.406 bits per heavy atom. The second-order valence-corrected chi connectivity index (χ2v) is 35.5. The Bertz CT molecular complexity index is 3730. The lowest BCUT2D eigenvalue weighted by molar-refractivity contribution is 0.282. The van der Waals surface area contributed by atoms with Crippen molar-refractivity contribution < 1.29 is 0 Å². The molecule has 15 rings (SSSR count). The predicted octanol–water partition coefficient (Wildman–Crippen LogP) is 25.3. The molecule has 2 N–H and O–H groups in total. The second kappa shape index (κ2) is 27.9. The highest BCUT2D eigenvalue weighted by Crippen LogP contribution is 2.70. The van der Waals surface area contributed by atoms with Crippen LogP contribution in [-0.2, 0) is 16.4 Å². The number of hydrogen-bond acceptors (Lipinski definition) is 3. The van der Waals surface area contributed by atoms with E-state index >= 15 is 0 Å². The van der Waals surface area contributed by atoms with Crippen molar-refractivity contribution in [1.82, 2.24) is 4.57 Å². The monoisotopic (exact) mass is 1280 g/mol. The molecule has 0 bridgehead atoms. The van der Waals surface area contributed by atoms with Crippen molar-refractivity contribution in [3.05, 3.63) is 173 Å². The number of fused-ring (bicyclic) bond motifs is 6. The number of hydrogen-bond donors (Lipinski definition) is 1. The molecule has 4 nitrogen and oxygen atoms in total. The van der Waals surface area contributed by atoms with Gasteiger partial charge in [0.25, 0.3) is 0 Å². The molecule has 2 heterocycles. The van der Waals surface area contributed by atoms with Crippen molar-refractivity contribution >= 4 is 11.1 Å². The van der Waals surface area contributed by atoms with Gasteiger partial charge in [-0.1, -0.05) is 250 Å². The molecular formula is C92H120N4. The summed E-state index contributed by atoms with van der Waals surface area (Å²) in [5.41, 5.74) is 37.0. The van der Waals surface area contributed by atoms with Gasteiger partial charge in [0, 0.05) is 22.9 Å². The minimum atomic E-state index is -0.854. The summed E-state index contributed by atoms with van der Waals surface area (Å²) in [5, 5.41) is 26.3. The molecule has 2 atom stereocenters. The maximum absolute atomic E-state index is 13.2. The topological polar surface area (TPSA) is 78.5 Å². The summed E-state index contributed by atoms with van der Waals surface area (Å²) in [6.07, 6.45) is 54.5. The Morgan fingerprint density at radius 2 is 0.802 bits per heavy atom. The Balaban J connectivity index is 1.23. The van der Waals surface area contributed by atoms with Gasteiger partial charge >= 0.3 is 0 Å². The lowest BCUT2D eigenvalue weighted by atomic mass is 9.56. The van der Waals surface area contributed by atoms with E-state index < -0.39 is 5.54 Å². The maximum atomic E-state index is 13.2. The third kappa shape index (κ3) is 12.0. The van der Waals surface area contributed by atoms with Gasteiger partial charge < -0.3 is 10.3 Å². The van der Waals surface area contributed by atoms with E-state index in [1.807, 2.05) is 0 Å². The fraction of sp³-hybridized carbons (Fsp3) is 0.630. The van der Waals surface area contributed by atoms with Gasteiger partial charge in [0.05, 0.1) is 29.0 Å². The first-order chi connectivity index (χ1) is 46.8. The minimum Gasteiger partial charge on any atom is -0.398 e. The number of nitriles is 2. The van der Waals surface area contributed by atoms with E-state index in [4.69, 9.17) is 5.73 Å². The van der Waals surface area contributed by atoms with Gasteiger partial charge in [-0.3, -0.25) is 0 Å². The third-order valence-electron chi connectivity index (χ3n) is 27.7. The molecule has 0 amide bonds. The largest absolute Gasteiger partial charge is 0.398 e. The van der Waals surface area contributed by atoms with Crippen LogP contribution in [0.2, 0.25) is 0 Å². The summed E-state index contributed by atoms with van der Waals surface area (Å²) in [6.45, 7) is 14.3. The van der Waals surface area contributed by atoms with Crippen LogP contribution in [0.4, 0.5) is 0 Å². The molecule has 0 radical (unpaired) electrons. The molecule has 2 unspecified atom stereocenters. The Morgan fingerprint density at radius 3 is 1.26 bits per heavy atom. The number of rotatable bonds is 10. The number of allylic oxidation sites excluding steroid dienone is 14. The fourth-order valence-electron chi connectivity index (χ4n) is 22.8. The first-order valence-electron chi connectivity index (χ1n) is 40.7. The van der Waals surface area contributed by atoms with Gasteiger partial charge in [0.1, 0.15) is 5.54 Å². The van der Waals surface area contributed by atoms with Crippen LogP contribution < -0.4 is 5.73 Å². The van der Waals surface area contributed by atoms with Crippen molar-refractivity contribution in [3.63, 3.8) is 0 Å². The minimum absolute atomic E-state index is 0.00452. The first kappa shape index (κ1) is 66.3. The zero-order chi connectivity index (χ0) is 65.9. The molecule has 2 aromatic carbocycles. The molecular weight excluding hydrogens is 1160 g/mol. The van der Waals surface area contributed by atoms with Crippen LogP contribution in [0.15, 0.2) is 134 Å². The van der Waals surface area contributed by atoms with Crippen molar-refractivity contribution in [2.24, 2.45) is 47.2 Å². The average Bonchev–Trinajstić information content (AvgIpc) is 1.46. The van der Waals surface area contributed by atoms with E-state index in [9.17, 15) is 10.5 Å². The molecule has 508 valence electrons. The number of nitrogens with two attached hydrogens (primary N) is 1. The van der Waals surface area contributed by atoms with Crippen LogP contribution >= 0.6 is 0 Å². The smallest absolute Gasteiger partial charge is 0.100 e. The molecule has 12 aliphatic rings. The summed E-state index contributed by atoms with van der Waals surface area (Å²) in [5.74, 6) is 2.43. The quantitative estimate of drug-likeness (QED) is 0.220. The maximum Gasteiger partial charge on any atom is 0.100 e. The molecule has 96 heavy (non-hydrogen) atoms. The molecule has 8 fully saturated rings. The van der Waals surface area contributed by atoms with Gasteiger partial charge in [0.2, 0.25) is 0 Å². The highest BCUT2D eigenvalue weighted by atomic mass is 15.1. The van der Waals surface area contributed by atoms with Crippen LogP contribution in [0.1, 0.15) is 349 Å². The zero-order valence-corrected chi connectivity index (χ0v) is 60.8. The number of aromatic nitrogens is 1. The van der Waals surface area contributed by atoms with Crippen molar-refractivity contribution in [2.75, 3.05) is 0 Å². The molecule has 0 saturated heterocycles. The summed E-state index contributed by atoms with van der Waals surface area (Å²) < 4.78 is 3.27. The lowest BCUT2D eigenvalue weighted by Crippen LogP contribution is -2.50. The molecule has 1 spiro atoms. The third-order valence-corrected chi connectivity index (χ3v) is 27.7. The van der Waals surface area contributed by atoms with E-state index in [1.165, 1.54) is 267 Å². The van der Waals surface area contributed by atoms with Crippen LogP contribution in [0.5, 0.6) is 0 Å². The molecule has 1 aliphatic heterocycles. The van der Waals surface area contributed by atoms with E-state index in [0.717, 1.165) is 68.2 Å². The summed E-state index contributed by atoms with van der Waals surface area (Å²) in [4.78, 5) is 0. The van der Waals surface area contributed by atoms with E-state index in [0.29, 0.717) is 29.6 Å². The van der Waals surface area contributed by atoms with Crippen molar-refractivity contribution in [1.29, 1.82) is 10.5 Å². The summed E-state index contributed by atoms with van der Waals surface area (Å²) in [6, 6.07) is 29.9. The van der Waals surface area contributed by atoms with Gasteiger partial charge in [-0.2, -0.15) is 10.5 Å². The summed E-state index contributed by atoms with van der Waals surface area (Å²) in [7, 11) is 0. The normalized spacial score (nSPS) is 28.8. The fourth-order valence-corrected chi connectivity index (χ4v) is 22.8. The first-order valence-corrected chi connectivity index (χ1v) is 40.7. The van der Waals surface area contributed by atoms with E-state index in [2.05, 4.69) is 125 Å². The van der Waals surface area contributed by atoms with Crippen LogP contribution in [0.25, 0.3) is 11.1 Å². The Labute approximate surface area is 581 Å². The Kier molecular flexibility index (Phi) is 19.2.